The number of carboxylic acid groups (broad SMARTS) is 1. The van der Waals surface area contributed by atoms with Crippen molar-refractivity contribution < 1.29 is 19.4 Å². The Kier molecular flexibility index (Phi) is 6.07. The van der Waals surface area contributed by atoms with Gasteiger partial charge in [-0.3, -0.25) is 4.79 Å². The van der Waals surface area contributed by atoms with E-state index in [0.717, 1.165) is 13.0 Å². The minimum absolute atomic E-state index is 0.0222. The van der Waals surface area contributed by atoms with Crippen LogP contribution in [-0.4, -0.2) is 48.8 Å². The molecule has 3 N–H and O–H groups in total. The van der Waals surface area contributed by atoms with Crippen molar-refractivity contribution in [2.75, 3.05) is 19.8 Å². The van der Waals surface area contributed by atoms with Crippen molar-refractivity contribution in [3.8, 4) is 0 Å². The summed E-state index contributed by atoms with van der Waals surface area (Å²) in [6.45, 7) is 5.46. The van der Waals surface area contributed by atoms with E-state index in [1.54, 1.807) is 0 Å². The second-order valence-electron chi connectivity index (χ2n) is 4.50. The Morgan fingerprint density at radius 3 is 2.67 bits per heavy atom. The van der Waals surface area contributed by atoms with Gasteiger partial charge in [0.1, 0.15) is 6.04 Å². The Morgan fingerprint density at radius 1 is 1.39 bits per heavy atom. The molecule has 1 aliphatic rings. The largest absolute Gasteiger partial charge is 0.480 e. The van der Waals surface area contributed by atoms with E-state index in [0.29, 0.717) is 19.6 Å². The first-order chi connectivity index (χ1) is 8.60. The number of likely N-dealkylation sites (N-methyl/N-ethyl adjacent to an activating group) is 1. The lowest BCUT2D eigenvalue weighted by Crippen LogP contribution is -2.49. The normalized spacial score (nSPS) is 24.8. The molecule has 0 aromatic heterocycles. The summed E-state index contributed by atoms with van der Waals surface area (Å²) in [5.41, 5.74) is 0. The number of hydrogen-bond donors (Lipinski definition) is 3. The van der Waals surface area contributed by atoms with Crippen LogP contribution in [0, 0.1) is 5.92 Å². The summed E-state index contributed by atoms with van der Waals surface area (Å²) in [7, 11) is 0. The van der Waals surface area contributed by atoms with Gasteiger partial charge in [-0.2, -0.15) is 0 Å². The molecule has 1 amide bonds. The fourth-order valence-corrected chi connectivity index (χ4v) is 2.10. The summed E-state index contributed by atoms with van der Waals surface area (Å²) in [5.74, 6) is -1.52. The first-order valence-corrected chi connectivity index (χ1v) is 6.44. The van der Waals surface area contributed by atoms with Crippen molar-refractivity contribution in [2.45, 2.75) is 38.8 Å². The monoisotopic (exact) mass is 258 g/mol. The lowest BCUT2D eigenvalue weighted by atomic mass is 10.0. The molecule has 1 rings (SSSR count). The number of rotatable bonds is 7. The van der Waals surface area contributed by atoms with E-state index in [4.69, 9.17) is 9.84 Å². The van der Waals surface area contributed by atoms with Crippen LogP contribution in [0.1, 0.15) is 26.7 Å². The number of aliphatic carboxylic acids is 1. The van der Waals surface area contributed by atoms with Gasteiger partial charge >= 0.3 is 5.97 Å². The standard InChI is InChI=1S/C12H22N2O4/c1-3-5-9(12(16)17)14-11(15)8-6-18-7-10(8)13-4-2/h8-10,13H,3-7H2,1-2H3,(H,14,15)(H,16,17)/t8?,9-,10?/m0/s1. The van der Waals surface area contributed by atoms with Crippen molar-refractivity contribution in [3.63, 3.8) is 0 Å². The van der Waals surface area contributed by atoms with E-state index in [1.165, 1.54) is 0 Å². The first kappa shape index (κ1) is 14.9. The van der Waals surface area contributed by atoms with Gasteiger partial charge in [-0.05, 0) is 13.0 Å². The molecule has 3 atom stereocenters. The van der Waals surface area contributed by atoms with Crippen LogP contribution in [0.25, 0.3) is 0 Å². The highest BCUT2D eigenvalue weighted by molar-refractivity contribution is 5.85. The van der Waals surface area contributed by atoms with Gasteiger partial charge in [-0.1, -0.05) is 20.3 Å². The van der Waals surface area contributed by atoms with E-state index in [9.17, 15) is 9.59 Å². The van der Waals surface area contributed by atoms with Crippen molar-refractivity contribution >= 4 is 11.9 Å². The smallest absolute Gasteiger partial charge is 0.326 e. The Balaban J connectivity index is 2.54. The molecule has 0 saturated carbocycles. The van der Waals surface area contributed by atoms with Gasteiger partial charge in [-0.25, -0.2) is 4.79 Å². The highest BCUT2D eigenvalue weighted by Crippen LogP contribution is 2.14. The zero-order chi connectivity index (χ0) is 13.5. The van der Waals surface area contributed by atoms with E-state index < -0.39 is 12.0 Å². The summed E-state index contributed by atoms with van der Waals surface area (Å²) < 4.78 is 5.27. The van der Waals surface area contributed by atoms with E-state index in [-0.39, 0.29) is 17.9 Å². The predicted octanol–water partition coefficient (Wildman–Crippen LogP) is -0.0196. The van der Waals surface area contributed by atoms with E-state index in [1.807, 2.05) is 13.8 Å². The van der Waals surface area contributed by atoms with Crippen LogP contribution in [0.5, 0.6) is 0 Å². The summed E-state index contributed by atoms with van der Waals surface area (Å²) in [6, 6.07) is -0.823. The molecular weight excluding hydrogens is 236 g/mol. The van der Waals surface area contributed by atoms with E-state index >= 15 is 0 Å². The van der Waals surface area contributed by atoms with Gasteiger partial charge in [0.15, 0.2) is 0 Å². The molecule has 0 radical (unpaired) electrons. The molecule has 104 valence electrons. The molecule has 6 heteroatoms. The van der Waals surface area contributed by atoms with Crippen LogP contribution in [-0.2, 0) is 14.3 Å². The Bertz CT molecular complexity index is 296. The van der Waals surface area contributed by atoms with Crippen LogP contribution in [0.2, 0.25) is 0 Å². The molecule has 0 spiro atoms. The third-order valence-electron chi connectivity index (χ3n) is 3.08. The molecule has 1 heterocycles. The molecule has 6 nitrogen and oxygen atoms in total. The molecule has 2 unspecified atom stereocenters. The molecule has 0 aromatic rings. The van der Waals surface area contributed by atoms with Gasteiger partial charge in [0.2, 0.25) is 5.91 Å². The second kappa shape index (κ2) is 7.33. The van der Waals surface area contributed by atoms with Crippen molar-refractivity contribution in [3.05, 3.63) is 0 Å². The minimum Gasteiger partial charge on any atom is -0.480 e. The van der Waals surface area contributed by atoms with Gasteiger partial charge in [0.05, 0.1) is 19.1 Å². The van der Waals surface area contributed by atoms with Gasteiger partial charge in [-0.15, -0.1) is 0 Å². The average Bonchev–Trinajstić information content (AvgIpc) is 2.77. The summed E-state index contributed by atoms with van der Waals surface area (Å²) >= 11 is 0. The maximum atomic E-state index is 12.0. The predicted molar refractivity (Wildman–Crippen MR) is 66.2 cm³/mol. The maximum Gasteiger partial charge on any atom is 0.326 e. The summed E-state index contributed by atoms with van der Waals surface area (Å²) in [5, 5.41) is 14.8. The van der Waals surface area contributed by atoms with Crippen LogP contribution < -0.4 is 10.6 Å². The zero-order valence-corrected chi connectivity index (χ0v) is 10.9. The summed E-state index contributed by atoms with van der Waals surface area (Å²) in [4.78, 5) is 23.0. The topological polar surface area (TPSA) is 87.7 Å². The number of amides is 1. The van der Waals surface area contributed by atoms with Crippen molar-refractivity contribution in [2.24, 2.45) is 5.92 Å². The number of carbonyl (C=O) groups is 2. The molecule has 1 saturated heterocycles. The van der Waals surface area contributed by atoms with Crippen molar-refractivity contribution in [1.82, 2.24) is 10.6 Å². The van der Waals surface area contributed by atoms with Crippen LogP contribution in [0.3, 0.4) is 0 Å². The lowest BCUT2D eigenvalue weighted by Gasteiger charge is -2.20. The number of carbonyl (C=O) groups excluding carboxylic acids is 1. The first-order valence-electron chi connectivity index (χ1n) is 6.44. The Labute approximate surface area is 107 Å². The minimum atomic E-state index is -0.982. The number of nitrogens with one attached hydrogen (secondary N) is 2. The van der Waals surface area contributed by atoms with Crippen molar-refractivity contribution in [1.29, 1.82) is 0 Å². The molecule has 0 aromatic carbocycles. The molecule has 0 aliphatic carbocycles. The fourth-order valence-electron chi connectivity index (χ4n) is 2.10. The number of carboxylic acids is 1. The second-order valence-corrected chi connectivity index (χ2v) is 4.50. The maximum absolute atomic E-state index is 12.0. The van der Waals surface area contributed by atoms with Gasteiger partial charge in [0, 0.05) is 6.04 Å². The Hall–Kier alpha value is -1.14. The molecule has 0 bridgehead atoms. The molecular formula is C12H22N2O4. The number of ether oxygens (including phenoxy) is 1. The third kappa shape index (κ3) is 3.96. The lowest BCUT2D eigenvalue weighted by molar-refractivity contribution is -0.142. The molecule has 1 aliphatic heterocycles. The van der Waals surface area contributed by atoms with Crippen LogP contribution in [0.15, 0.2) is 0 Å². The molecule has 1 fully saturated rings. The highest BCUT2D eigenvalue weighted by atomic mass is 16.5. The summed E-state index contributed by atoms with van der Waals surface area (Å²) in [6.07, 6.45) is 1.16. The molecule has 18 heavy (non-hydrogen) atoms. The van der Waals surface area contributed by atoms with Gasteiger partial charge in [0.25, 0.3) is 0 Å². The van der Waals surface area contributed by atoms with Crippen LogP contribution >= 0.6 is 0 Å². The van der Waals surface area contributed by atoms with Gasteiger partial charge < -0.3 is 20.5 Å². The SMILES string of the molecule is CCC[C@H](NC(=O)C1COCC1NCC)C(=O)O. The quantitative estimate of drug-likeness (QED) is 0.597. The fraction of sp³-hybridized carbons (Fsp3) is 0.833. The Morgan fingerprint density at radius 2 is 2.11 bits per heavy atom. The highest BCUT2D eigenvalue weighted by Gasteiger charge is 2.35. The number of hydrogen-bond acceptors (Lipinski definition) is 4. The third-order valence-corrected chi connectivity index (χ3v) is 3.08. The zero-order valence-electron chi connectivity index (χ0n) is 10.9. The average molecular weight is 258 g/mol. The van der Waals surface area contributed by atoms with E-state index in [2.05, 4.69) is 10.6 Å². The van der Waals surface area contributed by atoms with Crippen LogP contribution in [0.4, 0.5) is 0 Å².